The molecular formula is C15H20N4O. The molecule has 2 aromatic rings. The molecule has 0 aliphatic heterocycles. The SMILES string of the molecule is CNCCNC(=O)c1cnn(-c2ccccc2C)c1C. The fourth-order valence-corrected chi connectivity index (χ4v) is 2.07. The number of carbonyl (C=O) groups is 1. The molecule has 1 heterocycles. The first-order chi connectivity index (χ1) is 9.65. The number of para-hydroxylation sites is 1. The van der Waals surface area contributed by atoms with Crippen molar-refractivity contribution >= 4 is 5.91 Å². The molecule has 0 spiro atoms. The summed E-state index contributed by atoms with van der Waals surface area (Å²) < 4.78 is 1.81. The van der Waals surface area contributed by atoms with Crippen molar-refractivity contribution in [3.63, 3.8) is 0 Å². The first kappa shape index (κ1) is 14.3. The van der Waals surface area contributed by atoms with Gasteiger partial charge < -0.3 is 10.6 Å². The zero-order valence-electron chi connectivity index (χ0n) is 12.1. The molecule has 5 heteroatoms. The molecule has 0 saturated carbocycles. The molecular weight excluding hydrogens is 252 g/mol. The molecule has 5 nitrogen and oxygen atoms in total. The van der Waals surface area contributed by atoms with Crippen LogP contribution in [0.15, 0.2) is 30.5 Å². The Morgan fingerprint density at radius 3 is 2.70 bits per heavy atom. The van der Waals surface area contributed by atoms with Crippen molar-refractivity contribution in [3.8, 4) is 5.69 Å². The van der Waals surface area contributed by atoms with Gasteiger partial charge in [-0.2, -0.15) is 5.10 Å². The van der Waals surface area contributed by atoms with Crippen LogP contribution in [0.3, 0.4) is 0 Å². The third kappa shape index (κ3) is 2.88. The van der Waals surface area contributed by atoms with Gasteiger partial charge in [0.25, 0.3) is 5.91 Å². The number of nitrogens with one attached hydrogen (secondary N) is 2. The lowest BCUT2D eigenvalue weighted by atomic mass is 10.2. The third-order valence-corrected chi connectivity index (χ3v) is 3.26. The van der Waals surface area contributed by atoms with Crippen molar-refractivity contribution in [1.29, 1.82) is 0 Å². The number of nitrogens with zero attached hydrogens (tertiary/aromatic N) is 2. The monoisotopic (exact) mass is 272 g/mol. The van der Waals surface area contributed by atoms with E-state index in [1.807, 2.05) is 49.8 Å². The highest BCUT2D eigenvalue weighted by Gasteiger charge is 2.15. The first-order valence-electron chi connectivity index (χ1n) is 6.68. The summed E-state index contributed by atoms with van der Waals surface area (Å²) in [6.45, 7) is 5.29. The van der Waals surface area contributed by atoms with E-state index in [2.05, 4.69) is 15.7 Å². The predicted octanol–water partition coefficient (Wildman–Crippen LogP) is 1.44. The molecule has 0 aliphatic carbocycles. The van der Waals surface area contributed by atoms with E-state index in [0.29, 0.717) is 12.1 Å². The van der Waals surface area contributed by atoms with Crippen molar-refractivity contribution < 1.29 is 4.79 Å². The molecule has 0 radical (unpaired) electrons. The molecule has 0 bridgehead atoms. The zero-order chi connectivity index (χ0) is 14.5. The molecule has 0 aliphatic rings. The van der Waals surface area contributed by atoms with Gasteiger partial charge in [-0.15, -0.1) is 0 Å². The second-order valence-corrected chi connectivity index (χ2v) is 4.70. The first-order valence-corrected chi connectivity index (χ1v) is 6.68. The Morgan fingerprint density at radius 1 is 1.25 bits per heavy atom. The van der Waals surface area contributed by atoms with Crippen LogP contribution in [0.5, 0.6) is 0 Å². The Balaban J connectivity index is 2.23. The van der Waals surface area contributed by atoms with Gasteiger partial charge in [0.2, 0.25) is 0 Å². The summed E-state index contributed by atoms with van der Waals surface area (Å²) in [5.41, 5.74) is 3.59. The van der Waals surface area contributed by atoms with Gasteiger partial charge in [0.15, 0.2) is 0 Å². The number of rotatable bonds is 5. The minimum Gasteiger partial charge on any atom is -0.351 e. The van der Waals surface area contributed by atoms with Gasteiger partial charge in [0.1, 0.15) is 0 Å². The molecule has 0 fully saturated rings. The van der Waals surface area contributed by atoms with Gasteiger partial charge in [0.05, 0.1) is 23.1 Å². The fourth-order valence-electron chi connectivity index (χ4n) is 2.07. The van der Waals surface area contributed by atoms with E-state index in [4.69, 9.17) is 0 Å². The number of aryl methyl sites for hydroxylation is 1. The number of hydrogen-bond donors (Lipinski definition) is 2. The van der Waals surface area contributed by atoms with Crippen molar-refractivity contribution in [2.45, 2.75) is 13.8 Å². The highest BCUT2D eigenvalue weighted by molar-refractivity contribution is 5.95. The average molecular weight is 272 g/mol. The van der Waals surface area contributed by atoms with E-state index in [0.717, 1.165) is 23.5 Å². The lowest BCUT2D eigenvalue weighted by Crippen LogP contribution is -2.30. The molecule has 1 aromatic heterocycles. The summed E-state index contributed by atoms with van der Waals surface area (Å²) in [4.78, 5) is 12.1. The van der Waals surface area contributed by atoms with Crippen LogP contribution in [0, 0.1) is 13.8 Å². The van der Waals surface area contributed by atoms with Gasteiger partial charge in [-0.05, 0) is 32.5 Å². The Labute approximate surface area is 119 Å². The Bertz CT molecular complexity index is 604. The van der Waals surface area contributed by atoms with E-state index < -0.39 is 0 Å². The average Bonchev–Trinajstić information content (AvgIpc) is 2.81. The molecule has 0 saturated heterocycles. The van der Waals surface area contributed by atoms with Gasteiger partial charge in [-0.25, -0.2) is 4.68 Å². The van der Waals surface area contributed by atoms with Crippen LogP contribution in [0.25, 0.3) is 5.69 Å². The highest BCUT2D eigenvalue weighted by atomic mass is 16.1. The van der Waals surface area contributed by atoms with Gasteiger partial charge in [0, 0.05) is 13.1 Å². The fraction of sp³-hybridized carbons (Fsp3) is 0.333. The maximum atomic E-state index is 12.1. The minimum atomic E-state index is -0.0856. The summed E-state index contributed by atoms with van der Waals surface area (Å²) in [6.07, 6.45) is 1.62. The second-order valence-electron chi connectivity index (χ2n) is 4.70. The molecule has 106 valence electrons. The smallest absolute Gasteiger partial charge is 0.254 e. The number of benzene rings is 1. The van der Waals surface area contributed by atoms with Crippen molar-refractivity contribution in [1.82, 2.24) is 20.4 Å². The molecule has 1 aromatic carbocycles. The molecule has 2 rings (SSSR count). The maximum absolute atomic E-state index is 12.1. The lowest BCUT2D eigenvalue weighted by Gasteiger charge is -2.08. The van der Waals surface area contributed by atoms with Crippen LogP contribution in [-0.2, 0) is 0 Å². The number of hydrogen-bond acceptors (Lipinski definition) is 3. The quantitative estimate of drug-likeness (QED) is 0.810. The normalized spacial score (nSPS) is 10.6. The van der Waals surface area contributed by atoms with E-state index >= 15 is 0 Å². The van der Waals surface area contributed by atoms with Crippen LogP contribution in [0.1, 0.15) is 21.6 Å². The van der Waals surface area contributed by atoms with Crippen molar-refractivity contribution in [2.24, 2.45) is 0 Å². The minimum absolute atomic E-state index is 0.0856. The van der Waals surface area contributed by atoms with Crippen molar-refractivity contribution in [3.05, 3.63) is 47.3 Å². The van der Waals surface area contributed by atoms with Gasteiger partial charge in [-0.1, -0.05) is 18.2 Å². The van der Waals surface area contributed by atoms with Crippen molar-refractivity contribution in [2.75, 3.05) is 20.1 Å². The highest BCUT2D eigenvalue weighted by Crippen LogP contribution is 2.17. The largest absolute Gasteiger partial charge is 0.351 e. The summed E-state index contributed by atoms with van der Waals surface area (Å²) in [5, 5.41) is 10.2. The van der Waals surface area contributed by atoms with Crippen LogP contribution < -0.4 is 10.6 Å². The molecule has 0 atom stereocenters. The van der Waals surface area contributed by atoms with E-state index in [1.165, 1.54) is 0 Å². The summed E-state index contributed by atoms with van der Waals surface area (Å²) in [6, 6.07) is 7.99. The molecule has 1 amide bonds. The summed E-state index contributed by atoms with van der Waals surface area (Å²) >= 11 is 0. The Morgan fingerprint density at radius 2 is 2.00 bits per heavy atom. The molecule has 0 unspecified atom stereocenters. The lowest BCUT2D eigenvalue weighted by molar-refractivity contribution is 0.0953. The third-order valence-electron chi connectivity index (χ3n) is 3.26. The van der Waals surface area contributed by atoms with Gasteiger partial charge in [-0.3, -0.25) is 4.79 Å². The standard InChI is InChI=1S/C15H20N4O/c1-11-6-4-5-7-14(11)19-12(2)13(10-18-19)15(20)17-9-8-16-3/h4-7,10,16H,8-9H2,1-3H3,(H,17,20). The topological polar surface area (TPSA) is 58.9 Å². The number of carbonyl (C=O) groups excluding carboxylic acids is 1. The Hall–Kier alpha value is -2.14. The van der Waals surface area contributed by atoms with Crippen LogP contribution in [-0.4, -0.2) is 35.8 Å². The second kappa shape index (κ2) is 6.34. The number of amides is 1. The predicted molar refractivity (Wildman–Crippen MR) is 79.3 cm³/mol. The van der Waals surface area contributed by atoms with Gasteiger partial charge >= 0.3 is 0 Å². The molecule has 2 N–H and O–H groups in total. The van der Waals surface area contributed by atoms with Crippen LogP contribution in [0.2, 0.25) is 0 Å². The number of aromatic nitrogens is 2. The van der Waals surface area contributed by atoms with Crippen LogP contribution in [0.4, 0.5) is 0 Å². The van der Waals surface area contributed by atoms with E-state index in [1.54, 1.807) is 6.20 Å². The Kier molecular flexibility index (Phi) is 4.53. The van der Waals surface area contributed by atoms with E-state index in [-0.39, 0.29) is 5.91 Å². The zero-order valence-corrected chi connectivity index (χ0v) is 12.1. The van der Waals surface area contributed by atoms with E-state index in [9.17, 15) is 4.79 Å². The summed E-state index contributed by atoms with van der Waals surface area (Å²) in [5.74, 6) is -0.0856. The number of likely N-dealkylation sites (N-methyl/N-ethyl adjacent to an activating group) is 1. The summed E-state index contributed by atoms with van der Waals surface area (Å²) in [7, 11) is 1.85. The van der Waals surface area contributed by atoms with Crippen LogP contribution >= 0.6 is 0 Å². The molecule has 20 heavy (non-hydrogen) atoms. The maximum Gasteiger partial charge on any atom is 0.254 e.